The summed E-state index contributed by atoms with van der Waals surface area (Å²) in [5.74, 6) is 0.800. The molecule has 2 aromatic heterocycles. The van der Waals surface area contributed by atoms with E-state index in [1.807, 2.05) is 17.5 Å². The molecular formula is C19H26N6O2S. The van der Waals surface area contributed by atoms with Gasteiger partial charge in [-0.05, 0) is 24.3 Å². The SMILES string of the molecule is O=C(CN1CCN(CC(=O)NC2CC2)CC1)Nc1ccnn1Cc1cccs1. The van der Waals surface area contributed by atoms with E-state index in [1.54, 1.807) is 22.2 Å². The quantitative estimate of drug-likeness (QED) is 0.683. The van der Waals surface area contributed by atoms with Crippen molar-refractivity contribution >= 4 is 29.0 Å². The summed E-state index contributed by atoms with van der Waals surface area (Å²) >= 11 is 1.67. The van der Waals surface area contributed by atoms with Crippen molar-refractivity contribution < 1.29 is 9.59 Å². The standard InChI is InChI=1S/C19H26N6O2S/c26-18(21-15-3-4-15)13-23-7-9-24(10-8-23)14-19(27)22-17-5-6-20-25(17)12-16-2-1-11-28-16/h1-2,5-6,11,15H,3-4,7-10,12-14H2,(H,21,26)(H,22,27). The van der Waals surface area contributed by atoms with Crippen molar-refractivity contribution in [3.05, 3.63) is 34.7 Å². The number of nitrogens with one attached hydrogen (secondary N) is 2. The van der Waals surface area contributed by atoms with Crippen LogP contribution in [0.2, 0.25) is 0 Å². The summed E-state index contributed by atoms with van der Waals surface area (Å²) in [6, 6.07) is 6.30. The number of aromatic nitrogens is 2. The van der Waals surface area contributed by atoms with E-state index >= 15 is 0 Å². The average Bonchev–Trinajstić information content (AvgIpc) is 3.14. The van der Waals surface area contributed by atoms with Crippen LogP contribution in [0.5, 0.6) is 0 Å². The molecule has 8 nitrogen and oxygen atoms in total. The minimum Gasteiger partial charge on any atom is -0.352 e. The number of thiophene rings is 1. The molecule has 4 rings (SSSR count). The predicted molar refractivity (Wildman–Crippen MR) is 108 cm³/mol. The van der Waals surface area contributed by atoms with E-state index in [9.17, 15) is 9.59 Å². The second kappa shape index (κ2) is 8.85. The summed E-state index contributed by atoms with van der Waals surface area (Å²) in [4.78, 5) is 29.8. The number of hydrogen-bond acceptors (Lipinski definition) is 6. The molecule has 0 spiro atoms. The largest absolute Gasteiger partial charge is 0.352 e. The maximum Gasteiger partial charge on any atom is 0.239 e. The Morgan fingerprint density at radius 3 is 2.43 bits per heavy atom. The Kier molecular flexibility index (Phi) is 6.04. The Labute approximate surface area is 168 Å². The van der Waals surface area contributed by atoms with E-state index < -0.39 is 0 Å². The molecule has 0 unspecified atom stereocenters. The van der Waals surface area contributed by atoms with Gasteiger partial charge < -0.3 is 10.6 Å². The van der Waals surface area contributed by atoms with Gasteiger partial charge in [-0.15, -0.1) is 11.3 Å². The minimum absolute atomic E-state index is 0.0344. The summed E-state index contributed by atoms with van der Waals surface area (Å²) in [7, 11) is 0. The first kappa shape index (κ1) is 19.1. The van der Waals surface area contributed by atoms with Crippen LogP contribution in [-0.2, 0) is 16.1 Å². The molecule has 2 aromatic rings. The molecule has 1 aliphatic carbocycles. The van der Waals surface area contributed by atoms with Gasteiger partial charge in [-0.3, -0.25) is 19.4 Å². The molecule has 2 amide bonds. The lowest BCUT2D eigenvalue weighted by Crippen LogP contribution is -2.51. The van der Waals surface area contributed by atoms with Gasteiger partial charge in [0.05, 0.1) is 25.8 Å². The molecule has 1 saturated carbocycles. The van der Waals surface area contributed by atoms with Gasteiger partial charge in [0.2, 0.25) is 11.8 Å². The zero-order chi connectivity index (χ0) is 19.3. The molecule has 0 atom stereocenters. The summed E-state index contributed by atoms with van der Waals surface area (Å²) < 4.78 is 1.81. The van der Waals surface area contributed by atoms with Crippen LogP contribution in [0.15, 0.2) is 29.8 Å². The Hall–Kier alpha value is -2.23. The van der Waals surface area contributed by atoms with Gasteiger partial charge >= 0.3 is 0 Å². The van der Waals surface area contributed by atoms with Crippen molar-refractivity contribution in [2.75, 3.05) is 44.6 Å². The van der Waals surface area contributed by atoms with Crippen LogP contribution in [0.25, 0.3) is 0 Å². The maximum absolute atomic E-state index is 12.5. The Balaban J connectivity index is 1.20. The van der Waals surface area contributed by atoms with Crippen LogP contribution in [0.3, 0.4) is 0 Å². The first-order valence-electron chi connectivity index (χ1n) is 9.74. The third-order valence-electron chi connectivity index (χ3n) is 5.01. The molecule has 2 N–H and O–H groups in total. The number of hydrogen-bond donors (Lipinski definition) is 2. The van der Waals surface area contributed by atoms with E-state index in [1.165, 1.54) is 4.88 Å². The number of nitrogens with zero attached hydrogens (tertiary/aromatic N) is 4. The van der Waals surface area contributed by atoms with E-state index in [-0.39, 0.29) is 11.8 Å². The van der Waals surface area contributed by atoms with Gasteiger partial charge in [0.1, 0.15) is 5.82 Å². The lowest BCUT2D eigenvalue weighted by Gasteiger charge is -2.33. The van der Waals surface area contributed by atoms with Gasteiger partial charge in [0.25, 0.3) is 0 Å². The van der Waals surface area contributed by atoms with Crippen LogP contribution >= 0.6 is 11.3 Å². The number of carbonyl (C=O) groups is 2. The highest BCUT2D eigenvalue weighted by Gasteiger charge is 2.25. The van der Waals surface area contributed by atoms with Crippen molar-refractivity contribution in [1.29, 1.82) is 0 Å². The Bertz CT molecular complexity index is 793. The van der Waals surface area contributed by atoms with Gasteiger partial charge in [0, 0.05) is 43.2 Å². The lowest BCUT2D eigenvalue weighted by molar-refractivity contribution is -0.123. The molecule has 3 heterocycles. The molecule has 1 aliphatic heterocycles. The summed E-state index contributed by atoms with van der Waals surface area (Å²) in [6.45, 7) is 4.66. The number of amides is 2. The van der Waals surface area contributed by atoms with Gasteiger partial charge in [-0.25, -0.2) is 4.68 Å². The first-order valence-corrected chi connectivity index (χ1v) is 10.6. The molecular weight excluding hydrogens is 376 g/mol. The first-order chi connectivity index (χ1) is 13.7. The highest BCUT2D eigenvalue weighted by molar-refractivity contribution is 7.09. The van der Waals surface area contributed by atoms with Crippen LogP contribution in [0, 0.1) is 0 Å². The molecule has 0 bridgehead atoms. The maximum atomic E-state index is 12.5. The topological polar surface area (TPSA) is 82.5 Å². The molecule has 9 heteroatoms. The third kappa shape index (κ3) is 5.40. The molecule has 2 fully saturated rings. The predicted octanol–water partition coefficient (Wildman–Crippen LogP) is 0.828. The Morgan fingerprint density at radius 1 is 1.07 bits per heavy atom. The fourth-order valence-corrected chi connectivity index (χ4v) is 4.00. The number of rotatable bonds is 8. The highest BCUT2D eigenvalue weighted by atomic mass is 32.1. The second-order valence-corrected chi connectivity index (χ2v) is 8.43. The van der Waals surface area contributed by atoms with Crippen LogP contribution in [0.4, 0.5) is 5.82 Å². The van der Waals surface area contributed by atoms with E-state index in [0.29, 0.717) is 31.5 Å². The molecule has 0 radical (unpaired) electrons. The van der Waals surface area contributed by atoms with Crippen LogP contribution in [-0.4, -0.2) is 76.7 Å². The molecule has 28 heavy (non-hydrogen) atoms. The highest BCUT2D eigenvalue weighted by Crippen LogP contribution is 2.18. The zero-order valence-corrected chi connectivity index (χ0v) is 16.7. The minimum atomic E-state index is -0.0344. The fourth-order valence-electron chi connectivity index (χ4n) is 3.31. The van der Waals surface area contributed by atoms with Crippen molar-refractivity contribution in [3.63, 3.8) is 0 Å². The lowest BCUT2D eigenvalue weighted by atomic mass is 10.3. The van der Waals surface area contributed by atoms with Gasteiger partial charge in [-0.1, -0.05) is 6.07 Å². The van der Waals surface area contributed by atoms with Crippen LogP contribution < -0.4 is 10.6 Å². The van der Waals surface area contributed by atoms with E-state index in [4.69, 9.17) is 0 Å². The zero-order valence-electron chi connectivity index (χ0n) is 15.8. The third-order valence-corrected chi connectivity index (χ3v) is 5.87. The van der Waals surface area contributed by atoms with Gasteiger partial charge in [-0.2, -0.15) is 5.10 Å². The number of carbonyl (C=O) groups excluding carboxylic acids is 2. The number of anilines is 1. The van der Waals surface area contributed by atoms with Crippen molar-refractivity contribution in [1.82, 2.24) is 24.9 Å². The summed E-state index contributed by atoms with van der Waals surface area (Å²) in [5, 5.41) is 12.3. The fraction of sp³-hybridized carbons (Fsp3) is 0.526. The molecule has 0 aromatic carbocycles. The molecule has 150 valence electrons. The summed E-state index contributed by atoms with van der Waals surface area (Å²) in [5.41, 5.74) is 0. The smallest absolute Gasteiger partial charge is 0.239 e. The monoisotopic (exact) mass is 402 g/mol. The van der Waals surface area contributed by atoms with Crippen molar-refractivity contribution in [2.45, 2.75) is 25.4 Å². The average molecular weight is 403 g/mol. The van der Waals surface area contributed by atoms with Gasteiger partial charge in [0.15, 0.2) is 0 Å². The van der Waals surface area contributed by atoms with Crippen LogP contribution in [0.1, 0.15) is 17.7 Å². The number of piperazine rings is 1. The second-order valence-electron chi connectivity index (χ2n) is 7.40. The van der Waals surface area contributed by atoms with Crippen molar-refractivity contribution in [2.24, 2.45) is 0 Å². The Morgan fingerprint density at radius 2 is 1.79 bits per heavy atom. The van der Waals surface area contributed by atoms with E-state index in [2.05, 4.69) is 31.6 Å². The normalized spacial score (nSPS) is 18.1. The van der Waals surface area contributed by atoms with Crippen molar-refractivity contribution in [3.8, 4) is 0 Å². The summed E-state index contributed by atoms with van der Waals surface area (Å²) in [6.07, 6.45) is 3.93. The molecule has 2 aliphatic rings. The van der Waals surface area contributed by atoms with E-state index in [0.717, 1.165) is 39.0 Å². The molecule has 1 saturated heterocycles.